The Hall–Kier alpha value is -0.186. The fourth-order valence-electron chi connectivity index (χ4n) is 4.79. The van der Waals surface area contributed by atoms with Crippen molar-refractivity contribution >= 4 is 72.5 Å². The van der Waals surface area contributed by atoms with Crippen molar-refractivity contribution in [1.82, 2.24) is 0 Å². The number of allylic oxidation sites excluding steroid dienone is 2. The molecule has 0 unspecified atom stereocenters. The summed E-state index contributed by atoms with van der Waals surface area (Å²) in [6.07, 6.45) is 0. The molecule has 2 aromatic rings. The molecule has 0 nitrogen and oxygen atoms in total. The first-order chi connectivity index (χ1) is 18.5. The molecule has 0 amide bonds. The van der Waals surface area contributed by atoms with Gasteiger partial charge in [0.05, 0.1) is 16.1 Å². The topological polar surface area (TPSA) is 0 Å². The molecular formula is C38H60I2Si2. The van der Waals surface area contributed by atoms with Gasteiger partial charge < -0.3 is 0 Å². The second-order valence-electron chi connectivity index (χ2n) is 18.5. The summed E-state index contributed by atoms with van der Waals surface area (Å²) >= 11 is 5.50. The molecular weight excluding hydrogens is 766 g/mol. The van der Waals surface area contributed by atoms with Crippen molar-refractivity contribution in [3.8, 4) is 0 Å². The number of hydrogen-bond donors (Lipinski definition) is 0. The van der Waals surface area contributed by atoms with Gasteiger partial charge in [0.25, 0.3) is 0 Å². The van der Waals surface area contributed by atoms with Gasteiger partial charge in [-0.25, -0.2) is 0 Å². The van der Waals surface area contributed by atoms with E-state index < -0.39 is 16.1 Å². The first-order valence-electron chi connectivity index (χ1n) is 15.6. The molecule has 0 spiro atoms. The molecule has 0 saturated carbocycles. The standard InChI is InChI=1S/C38H60I2Si2/c1-35(2,3)27-19-25(20-28(23-27)36(4,5)6)31(33(39)41(13,14)15)32(34(40)42(16,17)18)26-21-29(37(7,8)9)24-30(22-26)38(10,11)12/h19-24H,1-18H3/b33-31-,34-32+. The van der Waals surface area contributed by atoms with Crippen molar-refractivity contribution < 1.29 is 0 Å². The van der Waals surface area contributed by atoms with Crippen LogP contribution in [0, 0.1) is 0 Å². The second kappa shape index (κ2) is 12.5. The lowest BCUT2D eigenvalue weighted by Crippen LogP contribution is -2.26. The summed E-state index contributed by atoms with van der Waals surface area (Å²) in [7, 11) is -3.38. The molecule has 0 bridgehead atoms. The Morgan fingerprint density at radius 3 is 0.738 bits per heavy atom. The minimum atomic E-state index is -1.69. The monoisotopic (exact) mass is 826 g/mol. The normalized spacial score (nSPS) is 15.4. The van der Waals surface area contributed by atoms with Gasteiger partial charge in [0.15, 0.2) is 0 Å². The summed E-state index contributed by atoms with van der Waals surface area (Å²) in [6, 6.07) is 15.0. The van der Waals surface area contributed by atoms with Crippen LogP contribution in [-0.2, 0) is 21.7 Å². The molecule has 0 radical (unpaired) electrons. The number of hydrogen-bond acceptors (Lipinski definition) is 0. The third-order valence-corrected chi connectivity index (χ3v) is 21.8. The molecule has 2 rings (SSSR count). The highest BCUT2D eigenvalue weighted by Gasteiger charge is 2.33. The summed E-state index contributed by atoms with van der Waals surface area (Å²) in [5.74, 6) is 0. The molecule has 2 aromatic carbocycles. The van der Waals surface area contributed by atoms with Gasteiger partial charge in [-0.2, -0.15) is 0 Å². The van der Waals surface area contributed by atoms with Crippen LogP contribution < -0.4 is 0 Å². The van der Waals surface area contributed by atoms with Gasteiger partial charge in [-0.05, 0) is 72.6 Å². The zero-order chi connectivity index (χ0) is 33.0. The fraction of sp³-hybridized carbons (Fsp3) is 0.579. The lowest BCUT2D eigenvalue weighted by molar-refractivity contribution is 0.567. The zero-order valence-corrected chi connectivity index (χ0v) is 36.5. The fourth-order valence-corrected chi connectivity index (χ4v) is 7.99. The van der Waals surface area contributed by atoms with E-state index >= 15 is 0 Å². The maximum Gasteiger partial charge on any atom is 0.0863 e. The third kappa shape index (κ3) is 9.42. The minimum absolute atomic E-state index is 0.0626. The van der Waals surface area contributed by atoms with Gasteiger partial charge in [0.1, 0.15) is 0 Å². The molecule has 0 fully saturated rings. The predicted octanol–water partition coefficient (Wildman–Crippen LogP) is 13.6. The third-order valence-electron chi connectivity index (χ3n) is 7.91. The quantitative estimate of drug-likeness (QED) is 0.160. The molecule has 0 N–H and O–H groups in total. The maximum absolute atomic E-state index is 2.75. The molecule has 4 heteroatoms. The Morgan fingerprint density at radius 1 is 0.405 bits per heavy atom. The number of halogens is 2. The van der Waals surface area contributed by atoms with Crippen LogP contribution in [0.5, 0.6) is 0 Å². The molecule has 0 aromatic heterocycles. The maximum atomic E-state index is 2.75. The Kier molecular flexibility index (Phi) is 11.3. The summed E-state index contributed by atoms with van der Waals surface area (Å²) < 4.78 is 3.12. The van der Waals surface area contributed by atoms with Crippen LogP contribution in [0.4, 0.5) is 0 Å². The summed E-state index contributed by atoms with van der Waals surface area (Å²) in [4.78, 5) is 0. The van der Waals surface area contributed by atoms with Crippen molar-refractivity contribution in [2.75, 3.05) is 0 Å². The minimum Gasteiger partial charge on any atom is -0.0652 e. The van der Waals surface area contributed by atoms with E-state index in [1.165, 1.54) is 44.5 Å². The van der Waals surface area contributed by atoms with Crippen LogP contribution >= 0.6 is 45.2 Å². The molecule has 0 aliphatic carbocycles. The van der Waals surface area contributed by atoms with Gasteiger partial charge in [0, 0.05) is 0 Å². The largest absolute Gasteiger partial charge is 0.0863 e. The van der Waals surface area contributed by atoms with Crippen molar-refractivity contribution in [3.63, 3.8) is 0 Å². The van der Waals surface area contributed by atoms with E-state index in [4.69, 9.17) is 0 Å². The molecule has 42 heavy (non-hydrogen) atoms. The van der Waals surface area contributed by atoms with E-state index in [0.717, 1.165) is 0 Å². The highest BCUT2D eigenvalue weighted by atomic mass is 127. The Balaban J connectivity index is 3.34. The van der Waals surface area contributed by atoms with Crippen molar-refractivity contribution in [1.29, 1.82) is 0 Å². The van der Waals surface area contributed by atoms with Crippen LogP contribution in [-0.4, -0.2) is 16.1 Å². The summed E-state index contributed by atoms with van der Waals surface area (Å²) in [5, 5.41) is 0. The zero-order valence-electron chi connectivity index (χ0n) is 30.2. The van der Waals surface area contributed by atoms with Crippen LogP contribution in [0.2, 0.25) is 39.3 Å². The summed E-state index contributed by atoms with van der Waals surface area (Å²) in [6.45, 7) is 43.4. The first-order valence-corrected chi connectivity index (χ1v) is 24.7. The molecule has 0 saturated heterocycles. The lowest BCUT2D eigenvalue weighted by Gasteiger charge is -2.32. The Morgan fingerprint density at radius 2 is 0.595 bits per heavy atom. The SMILES string of the molecule is CC(C)(C)c1cc(C(=C(/I)[Si](C)(C)C)/C(=C(/I)[Si](C)(C)C)c2cc(C(C)(C)C)cc(C(C)(C)C)c2)cc(C(C)(C)C)c1. The van der Waals surface area contributed by atoms with E-state index in [2.05, 4.69) is 204 Å². The number of rotatable bonds is 5. The van der Waals surface area contributed by atoms with Crippen LogP contribution in [0.1, 0.15) is 116 Å². The van der Waals surface area contributed by atoms with Gasteiger partial charge in [0.2, 0.25) is 0 Å². The van der Waals surface area contributed by atoms with Crippen molar-refractivity contribution in [2.45, 2.75) is 144 Å². The molecule has 0 aliphatic rings. The van der Waals surface area contributed by atoms with Crippen LogP contribution in [0.25, 0.3) is 11.1 Å². The Labute approximate surface area is 290 Å². The van der Waals surface area contributed by atoms with Crippen LogP contribution in [0.3, 0.4) is 0 Å². The van der Waals surface area contributed by atoms with E-state index in [0.29, 0.717) is 0 Å². The average molecular weight is 827 g/mol. The van der Waals surface area contributed by atoms with Crippen molar-refractivity contribution in [2.24, 2.45) is 0 Å². The van der Waals surface area contributed by atoms with E-state index in [-0.39, 0.29) is 21.7 Å². The highest BCUT2D eigenvalue weighted by Crippen LogP contribution is 2.48. The van der Waals surface area contributed by atoms with Crippen LogP contribution in [0.15, 0.2) is 42.8 Å². The average Bonchev–Trinajstić information content (AvgIpc) is 2.77. The predicted molar refractivity (Wildman–Crippen MR) is 216 cm³/mol. The second-order valence-corrected chi connectivity index (χ2v) is 32.7. The smallest absolute Gasteiger partial charge is 0.0652 e. The van der Waals surface area contributed by atoms with E-state index in [1.807, 2.05) is 0 Å². The Bertz CT molecular complexity index is 1190. The first kappa shape index (κ1) is 38.0. The van der Waals surface area contributed by atoms with E-state index in [9.17, 15) is 0 Å². The molecule has 234 valence electrons. The highest BCUT2D eigenvalue weighted by molar-refractivity contribution is 14.1. The van der Waals surface area contributed by atoms with Gasteiger partial charge >= 0.3 is 0 Å². The van der Waals surface area contributed by atoms with Gasteiger partial charge in [-0.1, -0.05) is 204 Å². The molecule has 0 atom stereocenters. The lowest BCUT2D eigenvalue weighted by atomic mass is 9.76. The molecule has 0 heterocycles. The number of benzene rings is 2. The molecule has 0 aliphatic heterocycles. The summed E-state index contributed by atoms with van der Waals surface area (Å²) in [5.41, 5.74) is 11.7. The van der Waals surface area contributed by atoms with Crippen molar-refractivity contribution in [3.05, 3.63) is 76.2 Å². The van der Waals surface area contributed by atoms with E-state index in [1.54, 1.807) is 6.41 Å². The van der Waals surface area contributed by atoms with Gasteiger partial charge in [-0.15, -0.1) is 0 Å². The van der Waals surface area contributed by atoms with Gasteiger partial charge in [-0.3, -0.25) is 0 Å².